The van der Waals surface area contributed by atoms with Crippen LogP contribution in [0.5, 0.6) is 0 Å². The quantitative estimate of drug-likeness (QED) is 0.674. The van der Waals surface area contributed by atoms with Gasteiger partial charge in [-0.05, 0) is 25.1 Å². The smallest absolute Gasteiger partial charge is 0.270 e. The summed E-state index contributed by atoms with van der Waals surface area (Å²) in [5.41, 5.74) is 2.15. The normalized spacial score (nSPS) is 14.0. The first-order chi connectivity index (χ1) is 12.1. The number of hydrogen-bond acceptors (Lipinski definition) is 7. The first-order valence-electron chi connectivity index (χ1n) is 7.84. The molecule has 0 radical (unpaired) electrons. The molecule has 8 heteroatoms. The van der Waals surface area contributed by atoms with Gasteiger partial charge in [0.05, 0.1) is 40.8 Å². The fourth-order valence-corrected chi connectivity index (χ4v) is 2.64. The van der Waals surface area contributed by atoms with Crippen molar-refractivity contribution in [2.24, 2.45) is 0 Å². The van der Waals surface area contributed by atoms with E-state index in [-0.39, 0.29) is 11.3 Å². The van der Waals surface area contributed by atoms with Crippen molar-refractivity contribution in [2.75, 3.05) is 36.5 Å². The number of nitrogens with zero attached hydrogens (tertiary/aromatic N) is 4. The number of pyridine rings is 1. The molecule has 2 aromatic rings. The lowest BCUT2D eigenvalue weighted by Crippen LogP contribution is -2.36. The number of anilines is 3. The van der Waals surface area contributed by atoms with Crippen molar-refractivity contribution in [1.82, 2.24) is 4.98 Å². The standard InChI is InChI=1S/C17H17N5O3/c1-12-15(4-5-17(19-12)21-6-8-25-9-7-21)20-16-3-2-14(22(23)24)10-13(16)11-18/h2-5,10,20H,6-9H2,1H3. The number of rotatable bonds is 4. The zero-order chi connectivity index (χ0) is 17.8. The second kappa shape index (κ2) is 7.15. The number of nitriles is 1. The number of aryl methyl sites for hydroxylation is 1. The monoisotopic (exact) mass is 339 g/mol. The predicted molar refractivity (Wildman–Crippen MR) is 93.1 cm³/mol. The number of non-ortho nitro benzene ring substituents is 1. The Bertz CT molecular complexity index is 841. The van der Waals surface area contributed by atoms with E-state index in [0.29, 0.717) is 18.9 Å². The number of ether oxygens (including phenoxy) is 1. The van der Waals surface area contributed by atoms with E-state index in [2.05, 4.69) is 15.2 Å². The van der Waals surface area contributed by atoms with Crippen LogP contribution in [0, 0.1) is 28.4 Å². The molecule has 128 valence electrons. The molecular formula is C17H17N5O3. The summed E-state index contributed by atoms with van der Waals surface area (Å²) in [6.45, 7) is 4.87. The molecule has 1 aromatic carbocycles. The molecule has 1 aliphatic rings. The van der Waals surface area contributed by atoms with Gasteiger partial charge >= 0.3 is 0 Å². The van der Waals surface area contributed by atoms with Crippen molar-refractivity contribution in [1.29, 1.82) is 5.26 Å². The van der Waals surface area contributed by atoms with Crippen LogP contribution in [0.1, 0.15) is 11.3 Å². The van der Waals surface area contributed by atoms with Crippen molar-refractivity contribution in [3.63, 3.8) is 0 Å². The Balaban J connectivity index is 1.83. The average molecular weight is 339 g/mol. The van der Waals surface area contributed by atoms with E-state index < -0.39 is 4.92 Å². The minimum absolute atomic E-state index is 0.111. The molecule has 0 aliphatic carbocycles. The maximum atomic E-state index is 10.8. The Hall–Kier alpha value is -3.18. The van der Waals surface area contributed by atoms with Gasteiger partial charge in [0.15, 0.2) is 0 Å². The number of aromatic nitrogens is 1. The Labute approximate surface area is 144 Å². The molecule has 25 heavy (non-hydrogen) atoms. The van der Waals surface area contributed by atoms with Gasteiger partial charge in [0.2, 0.25) is 0 Å². The van der Waals surface area contributed by atoms with Gasteiger partial charge in [0.25, 0.3) is 5.69 Å². The summed E-state index contributed by atoms with van der Waals surface area (Å²) in [5, 5.41) is 23.2. The van der Waals surface area contributed by atoms with Crippen LogP contribution < -0.4 is 10.2 Å². The molecule has 0 unspecified atom stereocenters. The summed E-state index contributed by atoms with van der Waals surface area (Å²) >= 11 is 0. The molecule has 0 bridgehead atoms. The summed E-state index contributed by atoms with van der Waals surface area (Å²) in [6.07, 6.45) is 0. The van der Waals surface area contributed by atoms with E-state index in [1.165, 1.54) is 18.2 Å². The lowest BCUT2D eigenvalue weighted by molar-refractivity contribution is -0.384. The van der Waals surface area contributed by atoms with Crippen LogP contribution >= 0.6 is 0 Å². The number of nitro groups is 1. The lowest BCUT2D eigenvalue weighted by atomic mass is 10.1. The van der Waals surface area contributed by atoms with Gasteiger partial charge in [-0.15, -0.1) is 0 Å². The van der Waals surface area contributed by atoms with Crippen LogP contribution in [0.2, 0.25) is 0 Å². The highest BCUT2D eigenvalue weighted by Crippen LogP contribution is 2.27. The maximum absolute atomic E-state index is 10.8. The van der Waals surface area contributed by atoms with Crippen molar-refractivity contribution < 1.29 is 9.66 Å². The summed E-state index contributed by atoms with van der Waals surface area (Å²) in [6, 6.07) is 9.96. The topological polar surface area (TPSA) is 104 Å². The molecule has 0 spiro atoms. The van der Waals surface area contributed by atoms with Crippen molar-refractivity contribution in [2.45, 2.75) is 6.92 Å². The summed E-state index contributed by atoms with van der Waals surface area (Å²) in [4.78, 5) is 17.1. The van der Waals surface area contributed by atoms with E-state index in [1.807, 2.05) is 25.1 Å². The Morgan fingerprint density at radius 2 is 2.00 bits per heavy atom. The summed E-state index contributed by atoms with van der Waals surface area (Å²) in [5.74, 6) is 0.885. The van der Waals surface area contributed by atoms with Gasteiger partial charge < -0.3 is 15.0 Å². The number of nitrogens with one attached hydrogen (secondary N) is 1. The SMILES string of the molecule is Cc1nc(N2CCOCC2)ccc1Nc1ccc([N+](=O)[O-])cc1C#N. The molecular weight excluding hydrogens is 322 g/mol. The highest BCUT2D eigenvalue weighted by molar-refractivity contribution is 5.70. The van der Waals surface area contributed by atoms with Crippen LogP contribution in [0.4, 0.5) is 22.9 Å². The number of nitro benzene ring substituents is 1. The van der Waals surface area contributed by atoms with Gasteiger partial charge in [-0.2, -0.15) is 5.26 Å². The highest BCUT2D eigenvalue weighted by atomic mass is 16.6. The third-order valence-corrected chi connectivity index (χ3v) is 4.01. The number of benzene rings is 1. The molecule has 0 amide bonds. The van der Waals surface area contributed by atoms with E-state index in [4.69, 9.17) is 4.74 Å². The van der Waals surface area contributed by atoms with E-state index in [0.717, 1.165) is 30.3 Å². The maximum Gasteiger partial charge on any atom is 0.270 e. The fraction of sp³-hybridized carbons (Fsp3) is 0.294. The molecule has 8 nitrogen and oxygen atoms in total. The molecule has 2 heterocycles. The highest BCUT2D eigenvalue weighted by Gasteiger charge is 2.15. The third-order valence-electron chi connectivity index (χ3n) is 4.01. The molecule has 0 atom stereocenters. The second-order valence-electron chi connectivity index (χ2n) is 5.63. The van der Waals surface area contributed by atoms with Crippen molar-refractivity contribution in [3.05, 3.63) is 51.7 Å². The molecule has 0 saturated carbocycles. The molecule has 1 aliphatic heterocycles. The van der Waals surface area contributed by atoms with Crippen molar-refractivity contribution in [3.8, 4) is 6.07 Å². The Morgan fingerprint density at radius 3 is 2.64 bits per heavy atom. The predicted octanol–water partition coefficient (Wildman–Crippen LogP) is 2.75. The second-order valence-corrected chi connectivity index (χ2v) is 5.63. The molecule has 1 aromatic heterocycles. The zero-order valence-electron chi connectivity index (χ0n) is 13.7. The van der Waals surface area contributed by atoms with Gasteiger partial charge in [-0.3, -0.25) is 10.1 Å². The van der Waals surface area contributed by atoms with Gasteiger partial charge in [-0.25, -0.2) is 4.98 Å². The fourth-order valence-electron chi connectivity index (χ4n) is 2.64. The molecule has 1 N–H and O–H groups in total. The van der Waals surface area contributed by atoms with Gasteiger partial charge in [0, 0.05) is 25.2 Å². The van der Waals surface area contributed by atoms with Gasteiger partial charge in [-0.1, -0.05) is 0 Å². The minimum Gasteiger partial charge on any atom is -0.378 e. The summed E-state index contributed by atoms with van der Waals surface area (Å²) in [7, 11) is 0. The molecule has 1 saturated heterocycles. The van der Waals surface area contributed by atoms with Crippen molar-refractivity contribution >= 4 is 22.9 Å². The number of morpholine rings is 1. The van der Waals surface area contributed by atoms with E-state index >= 15 is 0 Å². The molecule has 1 fully saturated rings. The van der Waals surface area contributed by atoms with E-state index in [9.17, 15) is 15.4 Å². The summed E-state index contributed by atoms with van der Waals surface area (Å²) < 4.78 is 5.35. The van der Waals surface area contributed by atoms with E-state index in [1.54, 1.807) is 0 Å². The van der Waals surface area contributed by atoms with Crippen LogP contribution in [-0.2, 0) is 4.74 Å². The third kappa shape index (κ3) is 3.67. The molecule has 3 rings (SSSR count). The average Bonchev–Trinajstić information content (AvgIpc) is 2.64. The lowest BCUT2D eigenvalue weighted by Gasteiger charge is -2.28. The van der Waals surface area contributed by atoms with Crippen LogP contribution in [0.15, 0.2) is 30.3 Å². The Kier molecular flexibility index (Phi) is 4.77. The zero-order valence-corrected chi connectivity index (χ0v) is 13.7. The first-order valence-corrected chi connectivity index (χ1v) is 7.84. The minimum atomic E-state index is -0.519. The largest absolute Gasteiger partial charge is 0.378 e. The van der Waals surface area contributed by atoms with Crippen LogP contribution in [-0.4, -0.2) is 36.2 Å². The Morgan fingerprint density at radius 1 is 1.28 bits per heavy atom. The number of hydrogen-bond donors (Lipinski definition) is 1. The van der Waals surface area contributed by atoms with Crippen LogP contribution in [0.25, 0.3) is 0 Å². The van der Waals surface area contributed by atoms with Gasteiger partial charge in [0.1, 0.15) is 11.9 Å². The first kappa shape index (κ1) is 16.7. The van der Waals surface area contributed by atoms with Crippen LogP contribution in [0.3, 0.4) is 0 Å².